The summed E-state index contributed by atoms with van der Waals surface area (Å²) in [5.74, 6) is 0. The Bertz CT molecular complexity index is 366. The molecule has 0 aromatic carbocycles. The van der Waals surface area contributed by atoms with Gasteiger partial charge < -0.3 is 4.98 Å². The predicted octanol–water partition coefficient (Wildman–Crippen LogP) is 2.81. The highest BCUT2D eigenvalue weighted by Gasteiger charge is 2.16. The molecule has 1 aromatic heterocycles. The molecule has 1 heterocycles. The molecular weight excluding hydrogens is 359 g/mol. The fourth-order valence-corrected chi connectivity index (χ4v) is 2.01. The Hall–Kier alpha value is 0.0200. The molecule has 0 spiro atoms. The van der Waals surface area contributed by atoms with Gasteiger partial charge in [0.05, 0.1) is 9.26 Å². The summed E-state index contributed by atoms with van der Waals surface area (Å²) in [6.07, 6.45) is -2.72. The Morgan fingerprint density at radius 3 is 2.62 bits per heavy atom. The van der Waals surface area contributed by atoms with Crippen LogP contribution in [-0.4, -0.2) is 4.98 Å². The lowest BCUT2D eigenvalue weighted by Crippen LogP contribution is -2.13. The van der Waals surface area contributed by atoms with E-state index in [4.69, 9.17) is 0 Å². The molecule has 0 aliphatic heterocycles. The van der Waals surface area contributed by atoms with Crippen LogP contribution >= 0.6 is 38.5 Å². The zero-order valence-electron chi connectivity index (χ0n) is 6.28. The normalized spacial score (nSPS) is 10.8. The van der Waals surface area contributed by atoms with Gasteiger partial charge in [0.2, 0.25) is 0 Å². The van der Waals surface area contributed by atoms with Gasteiger partial charge in [0.15, 0.2) is 5.43 Å². The maximum absolute atomic E-state index is 12.3. The van der Waals surface area contributed by atoms with Crippen LogP contribution in [-0.2, 0) is 5.33 Å². The predicted molar refractivity (Wildman–Crippen MR) is 57.4 cm³/mol. The summed E-state index contributed by atoms with van der Waals surface area (Å²) >= 11 is 4.82. The van der Waals surface area contributed by atoms with Crippen molar-refractivity contribution in [2.24, 2.45) is 0 Å². The van der Waals surface area contributed by atoms with Gasteiger partial charge in [-0.05, 0) is 22.6 Å². The van der Waals surface area contributed by atoms with Gasteiger partial charge in [0, 0.05) is 17.1 Å². The molecule has 0 radical (unpaired) electrons. The maximum Gasteiger partial charge on any atom is 0.270 e. The number of rotatable bonds is 2. The molecule has 6 heteroatoms. The fourth-order valence-electron chi connectivity index (χ4n) is 0.864. The number of halogens is 4. The zero-order valence-corrected chi connectivity index (χ0v) is 10.0. The minimum atomic E-state index is -2.72. The van der Waals surface area contributed by atoms with E-state index < -0.39 is 17.4 Å². The van der Waals surface area contributed by atoms with Crippen LogP contribution in [0.5, 0.6) is 0 Å². The molecule has 72 valence electrons. The molecule has 13 heavy (non-hydrogen) atoms. The van der Waals surface area contributed by atoms with E-state index >= 15 is 0 Å². The summed E-state index contributed by atoms with van der Waals surface area (Å²) in [4.78, 5) is 13.8. The van der Waals surface area contributed by atoms with E-state index in [1.54, 1.807) is 22.6 Å². The van der Waals surface area contributed by atoms with Gasteiger partial charge in [-0.2, -0.15) is 0 Å². The van der Waals surface area contributed by atoms with Gasteiger partial charge in [-0.1, -0.05) is 15.9 Å². The molecule has 0 aliphatic rings. The molecule has 0 saturated heterocycles. The smallest absolute Gasteiger partial charge is 0.270 e. The summed E-state index contributed by atoms with van der Waals surface area (Å²) in [6, 6.07) is 1.18. The van der Waals surface area contributed by atoms with Crippen molar-refractivity contribution in [3.8, 4) is 0 Å². The zero-order chi connectivity index (χ0) is 10.0. The minimum Gasteiger partial charge on any atom is -0.353 e. The Morgan fingerprint density at radius 1 is 1.62 bits per heavy atom. The molecule has 0 atom stereocenters. The van der Waals surface area contributed by atoms with Gasteiger partial charge in [-0.25, -0.2) is 8.78 Å². The molecule has 2 nitrogen and oxygen atoms in total. The number of aromatic nitrogens is 1. The summed E-state index contributed by atoms with van der Waals surface area (Å²) in [7, 11) is 0. The molecule has 0 bridgehead atoms. The standard InChI is InChI=1S/C7H5BrF2INO/c8-2-3-1-4(13)5(6(9)10)7(11)12-3/h1,6H,2H2,(H,12,13). The lowest BCUT2D eigenvalue weighted by atomic mass is 10.2. The lowest BCUT2D eigenvalue weighted by Gasteiger charge is -2.03. The van der Waals surface area contributed by atoms with E-state index in [2.05, 4.69) is 20.9 Å². The second-order valence-corrected chi connectivity index (χ2v) is 3.96. The lowest BCUT2D eigenvalue weighted by molar-refractivity contribution is 0.148. The minimum absolute atomic E-state index is 0.203. The van der Waals surface area contributed by atoms with Gasteiger partial charge in [0.1, 0.15) is 0 Å². The summed E-state index contributed by atoms with van der Waals surface area (Å²) in [6.45, 7) is 0. The largest absolute Gasteiger partial charge is 0.353 e. The van der Waals surface area contributed by atoms with Crippen LogP contribution in [0.4, 0.5) is 8.78 Å². The number of pyridine rings is 1. The van der Waals surface area contributed by atoms with E-state index in [-0.39, 0.29) is 3.70 Å². The average molecular weight is 364 g/mol. The molecule has 1 aromatic rings. The van der Waals surface area contributed by atoms with E-state index in [1.807, 2.05) is 0 Å². The first-order valence-corrected chi connectivity index (χ1v) is 5.52. The molecule has 0 saturated carbocycles. The van der Waals surface area contributed by atoms with Crippen molar-refractivity contribution in [1.82, 2.24) is 4.98 Å². The Labute approximate surface area is 95.0 Å². The molecule has 1 N–H and O–H groups in total. The van der Waals surface area contributed by atoms with E-state index in [9.17, 15) is 13.6 Å². The number of nitrogens with one attached hydrogen (secondary N) is 1. The van der Waals surface area contributed by atoms with Gasteiger partial charge in [-0.3, -0.25) is 4.79 Å². The van der Waals surface area contributed by atoms with E-state index in [0.29, 0.717) is 11.0 Å². The van der Waals surface area contributed by atoms with Crippen molar-refractivity contribution in [2.75, 3.05) is 0 Å². The van der Waals surface area contributed by atoms with Crippen molar-refractivity contribution in [1.29, 1.82) is 0 Å². The molecule has 1 rings (SSSR count). The third-order valence-corrected chi connectivity index (χ3v) is 2.89. The average Bonchev–Trinajstić information content (AvgIpc) is 2.02. The molecule has 0 fully saturated rings. The Balaban J connectivity index is 3.32. The second-order valence-electron chi connectivity index (χ2n) is 2.32. The van der Waals surface area contributed by atoms with Crippen LogP contribution in [0.15, 0.2) is 10.9 Å². The van der Waals surface area contributed by atoms with Gasteiger partial charge in [0.25, 0.3) is 6.43 Å². The Kier molecular flexibility index (Phi) is 3.84. The van der Waals surface area contributed by atoms with E-state index in [0.717, 1.165) is 0 Å². The number of alkyl halides is 3. The van der Waals surface area contributed by atoms with Gasteiger partial charge in [-0.15, -0.1) is 0 Å². The van der Waals surface area contributed by atoms with Crippen LogP contribution < -0.4 is 5.43 Å². The first kappa shape index (κ1) is 11.1. The molecule has 0 unspecified atom stereocenters. The van der Waals surface area contributed by atoms with Crippen molar-refractivity contribution < 1.29 is 8.78 Å². The van der Waals surface area contributed by atoms with Gasteiger partial charge >= 0.3 is 0 Å². The maximum atomic E-state index is 12.3. The third kappa shape index (κ3) is 2.49. The van der Waals surface area contributed by atoms with Crippen molar-refractivity contribution in [3.05, 3.63) is 31.2 Å². The number of aromatic amines is 1. The fraction of sp³-hybridized carbons (Fsp3) is 0.286. The molecule has 0 aliphatic carbocycles. The quantitative estimate of drug-likeness (QED) is 0.489. The Morgan fingerprint density at radius 2 is 2.23 bits per heavy atom. The van der Waals surface area contributed by atoms with Crippen LogP contribution in [0.3, 0.4) is 0 Å². The number of hydrogen-bond acceptors (Lipinski definition) is 1. The number of H-pyrrole nitrogens is 1. The van der Waals surface area contributed by atoms with E-state index in [1.165, 1.54) is 6.07 Å². The van der Waals surface area contributed by atoms with Crippen LogP contribution in [0.25, 0.3) is 0 Å². The summed E-state index contributed by atoms with van der Waals surface area (Å²) in [5.41, 5.74) is -0.475. The van der Waals surface area contributed by atoms with Crippen molar-refractivity contribution in [3.63, 3.8) is 0 Å². The second kappa shape index (κ2) is 4.50. The number of hydrogen-bond donors (Lipinski definition) is 1. The van der Waals surface area contributed by atoms with Crippen LogP contribution in [0.1, 0.15) is 17.7 Å². The van der Waals surface area contributed by atoms with Crippen LogP contribution in [0, 0.1) is 3.70 Å². The monoisotopic (exact) mass is 363 g/mol. The van der Waals surface area contributed by atoms with Crippen molar-refractivity contribution >= 4 is 38.5 Å². The first-order chi connectivity index (χ1) is 6.06. The third-order valence-electron chi connectivity index (χ3n) is 1.44. The van der Waals surface area contributed by atoms with Crippen molar-refractivity contribution in [2.45, 2.75) is 11.8 Å². The van der Waals surface area contributed by atoms with Crippen LogP contribution in [0.2, 0.25) is 0 Å². The SMILES string of the molecule is O=c1cc(CBr)[nH]c(I)c1C(F)F. The summed E-state index contributed by atoms with van der Waals surface area (Å²) in [5, 5.41) is 0.446. The highest BCUT2D eigenvalue weighted by Crippen LogP contribution is 2.19. The topological polar surface area (TPSA) is 32.9 Å². The first-order valence-electron chi connectivity index (χ1n) is 3.32. The molecular formula is C7H5BrF2INO. The highest BCUT2D eigenvalue weighted by molar-refractivity contribution is 14.1. The highest BCUT2D eigenvalue weighted by atomic mass is 127. The summed E-state index contributed by atoms with van der Waals surface area (Å²) < 4.78 is 24.8. The molecule has 0 amide bonds.